The zero-order chi connectivity index (χ0) is 14.3. The summed E-state index contributed by atoms with van der Waals surface area (Å²) in [6, 6.07) is 11.5. The molecule has 0 aliphatic heterocycles. The van der Waals surface area contributed by atoms with E-state index < -0.39 is 0 Å². The fraction of sp³-hybridized carbons (Fsp3) is 0.118. The molecule has 20 heavy (non-hydrogen) atoms. The molecule has 0 amide bonds. The van der Waals surface area contributed by atoms with E-state index in [2.05, 4.69) is 4.98 Å². The molecule has 0 atom stereocenters. The Morgan fingerprint density at radius 2 is 1.90 bits per heavy atom. The molecule has 1 N–H and O–H groups in total. The van der Waals surface area contributed by atoms with Crippen molar-refractivity contribution in [3.63, 3.8) is 0 Å². The van der Waals surface area contributed by atoms with Crippen LogP contribution in [0.1, 0.15) is 27.0 Å². The number of carbonyl (C=O) groups is 1. The number of aryl methyl sites for hydroxylation is 2. The van der Waals surface area contributed by atoms with E-state index in [1.807, 2.05) is 44.2 Å². The maximum absolute atomic E-state index is 12.7. The minimum Gasteiger partial charge on any atom is -0.360 e. The number of benzene rings is 2. The van der Waals surface area contributed by atoms with Gasteiger partial charge in [0, 0.05) is 28.2 Å². The molecule has 1 aromatic heterocycles. The van der Waals surface area contributed by atoms with Gasteiger partial charge in [-0.25, -0.2) is 0 Å². The molecule has 3 heteroatoms. The molecular formula is C17H14ClNO. The molecule has 1 heterocycles. The third kappa shape index (κ3) is 2.02. The van der Waals surface area contributed by atoms with E-state index in [1.54, 1.807) is 12.3 Å². The quantitative estimate of drug-likeness (QED) is 0.681. The van der Waals surface area contributed by atoms with Crippen LogP contribution in [0.3, 0.4) is 0 Å². The molecular weight excluding hydrogens is 270 g/mol. The smallest absolute Gasteiger partial charge is 0.196 e. The monoisotopic (exact) mass is 283 g/mol. The Kier molecular flexibility index (Phi) is 3.11. The molecule has 0 radical (unpaired) electrons. The highest BCUT2D eigenvalue weighted by molar-refractivity contribution is 6.35. The molecule has 0 aliphatic carbocycles. The molecule has 0 unspecified atom stereocenters. The highest BCUT2D eigenvalue weighted by Crippen LogP contribution is 2.27. The van der Waals surface area contributed by atoms with Gasteiger partial charge in [-0.05, 0) is 43.2 Å². The number of rotatable bonds is 2. The summed E-state index contributed by atoms with van der Waals surface area (Å²) >= 11 is 6.20. The molecule has 0 bridgehead atoms. The van der Waals surface area contributed by atoms with Crippen molar-refractivity contribution in [1.29, 1.82) is 0 Å². The number of H-pyrrole nitrogens is 1. The van der Waals surface area contributed by atoms with Crippen LogP contribution in [0.25, 0.3) is 10.9 Å². The Labute approximate surface area is 122 Å². The van der Waals surface area contributed by atoms with Crippen LogP contribution < -0.4 is 0 Å². The van der Waals surface area contributed by atoms with Crippen molar-refractivity contribution in [1.82, 2.24) is 4.98 Å². The largest absolute Gasteiger partial charge is 0.360 e. The van der Waals surface area contributed by atoms with E-state index in [-0.39, 0.29) is 5.78 Å². The van der Waals surface area contributed by atoms with Crippen molar-refractivity contribution in [2.24, 2.45) is 0 Å². The first-order chi connectivity index (χ1) is 9.58. The van der Waals surface area contributed by atoms with Crippen LogP contribution in [0.4, 0.5) is 0 Å². The SMILES string of the molecule is Cc1ccc(C(=O)c2c[nH]c3cccc(C)c23)c(Cl)c1. The van der Waals surface area contributed by atoms with E-state index in [4.69, 9.17) is 11.6 Å². The summed E-state index contributed by atoms with van der Waals surface area (Å²) in [6.45, 7) is 3.96. The lowest BCUT2D eigenvalue weighted by atomic mass is 9.99. The van der Waals surface area contributed by atoms with Gasteiger partial charge in [-0.1, -0.05) is 29.8 Å². The van der Waals surface area contributed by atoms with Gasteiger partial charge >= 0.3 is 0 Å². The van der Waals surface area contributed by atoms with Gasteiger partial charge in [0.05, 0.1) is 5.02 Å². The number of hydrogen-bond donors (Lipinski definition) is 1. The fourth-order valence-corrected chi connectivity index (χ4v) is 2.82. The predicted octanol–water partition coefficient (Wildman–Crippen LogP) is 4.67. The van der Waals surface area contributed by atoms with Crippen LogP contribution in [0, 0.1) is 13.8 Å². The summed E-state index contributed by atoms with van der Waals surface area (Å²) in [5.41, 5.74) is 4.30. The van der Waals surface area contributed by atoms with Crippen LogP contribution in [-0.2, 0) is 0 Å². The molecule has 0 saturated carbocycles. The number of carbonyl (C=O) groups excluding carboxylic acids is 1. The minimum atomic E-state index is -0.0458. The summed E-state index contributed by atoms with van der Waals surface area (Å²) < 4.78 is 0. The lowest BCUT2D eigenvalue weighted by Gasteiger charge is -2.05. The van der Waals surface area contributed by atoms with Crippen molar-refractivity contribution in [2.45, 2.75) is 13.8 Å². The molecule has 2 aromatic carbocycles. The summed E-state index contributed by atoms with van der Waals surface area (Å²) in [6.07, 6.45) is 1.76. The van der Waals surface area contributed by atoms with E-state index in [1.165, 1.54) is 0 Å². The standard InChI is InChI=1S/C17H14ClNO/c1-10-6-7-12(14(18)8-10)17(20)13-9-19-15-5-3-4-11(2)16(13)15/h3-9,19H,1-2H3. The second-order valence-corrected chi connectivity index (χ2v) is 5.42. The van der Waals surface area contributed by atoms with Gasteiger partial charge in [0.1, 0.15) is 0 Å². The second-order valence-electron chi connectivity index (χ2n) is 5.01. The summed E-state index contributed by atoms with van der Waals surface area (Å²) in [4.78, 5) is 15.8. The average Bonchev–Trinajstić information content (AvgIpc) is 2.83. The number of fused-ring (bicyclic) bond motifs is 1. The van der Waals surface area contributed by atoms with Crippen LogP contribution in [-0.4, -0.2) is 10.8 Å². The highest BCUT2D eigenvalue weighted by Gasteiger charge is 2.17. The maximum Gasteiger partial charge on any atom is 0.196 e. The Morgan fingerprint density at radius 3 is 2.65 bits per heavy atom. The highest BCUT2D eigenvalue weighted by atomic mass is 35.5. The number of halogens is 1. The Balaban J connectivity index is 2.18. The average molecular weight is 284 g/mol. The van der Waals surface area contributed by atoms with Crippen molar-refractivity contribution in [3.8, 4) is 0 Å². The van der Waals surface area contributed by atoms with Crippen molar-refractivity contribution >= 4 is 28.3 Å². The third-order valence-electron chi connectivity index (χ3n) is 3.53. The molecule has 0 spiro atoms. The normalized spacial score (nSPS) is 10.9. The first kappa shape index (κ1) is 12.9. The maximum atomic E-state index is 12.7. The van der Waals surface area contributed by atoms with E-state index >= 15 is 0 Å². The van der Waals surface area contributed by atoms with Gasteiger partial charge in [0.25, 0.3) is 0 Å². The van der Waals surface area contributed by atoms with Gasteiger partial charge in [0.2, 0.25) is 0 Å². The van der Waals surface area contributed by atoms with E-state index in [0.29, 0.717) is 16.1 Å². The Bertz CT molecular complexity index is 817. The Hall–Kier alpha value is -2.06. The number of aromatic amines is 1. The summed E-state index contributed by atoms with van der Waals surface area (Å²) in [5, 5.41) is 1.46. The van der Waals surface area contributed by atoms with E-state index in [9.17, 15) is 4.79 Å². The van der Waals surface area contributed by atoms with Crippen molar-refractivity contribution in [3.05, 3.63) is 69.9 Å². The summed E-state index contributed by atoms with van der Waals surface area (Å²) in [7, 11) is 0. The van der Waals surface area contributed by atoms with E-state index in [0.717, 1.165) is 22.0 Å². The molecule has 0 aliphatic rings. The van der Waals surface area contributed by atoms with Gasteiger partial charge in [-0.2, -0.15) is 0 Å². The predicted molar refractivity (Wildman–Crippen MR) is 82.7 cm³/mol. The van der Waals surface area contributed by atoms with Gasteiger partial charge in [-0.15, -0.1) is 0 Å². The Morgan fingerprint density at radius 1 is 1.10 bits per heavy atom. The number of hydrogen-bond acceptors (Lipinski definition) is 1. The minimum absolute atomic E-state index is 0.0458. The third-order valence-corrected chi connectivity index (χ3v) is 3.84. The lowest BCUT2D eigenvalue weighted by molar-refractivity contribution is 0.104. The lowest BCUT2D eigenvalue weighted by Crippen LogP contribution is -2.02. The van der Waals surface area contributed by atoms with Crippen molar-refractivity contribution < 1.29 is 4.79 Å². The van der Waals surface area contributed by atoms with Crippen LogP contribution in [0.15, 0.2) is 42.6 Å². The first-order valence-corrected chi connectivity index (χ1v) is 6.83. The molecule has 0 saturated heterocycles. The second kappa shape index (κ2) is 4.80. The number of nitrogens with one attached hydrogen (secondary N) is 1. The van der Waals surface area contributed by atoms with Gasteiger partial charge < -0.3 is 4.98 Å². The zero-order valence-corrected chi connectivity index (χ0v) is 12.1. The zero-order valence-electron chi connectivity index (χ0n) is 11.3. The molecule has 0 fully saturated rings. The van der Waals surface area contributed by atoms with Crippen molar-refractivity contribution in [2.75, 3.05) is 0 Å². The number of ketones is 1. The number of aromatic nitrogens is 1. The van der Waals surface area contributed by atoms with Gasteiger partial charge in [-0.3, -0.25) is 4.79 Å². The molecule has 3 aromatic rings. The van der Waals surface area contributed by atoms with Crippen LogP contribution in [0.5, 0.6) is 0 Å². The first-order valence-electron chi connectivity index (χ1n) is 6.45. The molecule has 2 nitrogen and oxygen atoms in total. The van der Waals surface area contributed by atoms with Crippen LogP contribution >= 0.6 is 11.6 Å². The van der Waals surface area contributed by atoms with Crippen LogP contribution in [0.2, 0.25) is 5.02 Å². The molecule has 100 valence electrons. The fourth-order valence-electron chi connectivity index (χ4n) is 2.50. The van der Waals surface area contributed by atoms with Gasteiger partial charge in [0.15, 0.2) is 5.78 Å². The molecule has 3 rings (SSSR count). The summed E-state index contributed by atoms with van der Waals surface area (Å²) in [5.74, 6) is -0.0458. The topological polar surface area (TPSA) is 32.9 Å².